The highest BCUT2D eigenvalue weighted by atomic mass is 32.2. The second-order valence-electron chi connectivity index (χ2n) is 6.72. The Kier molecular flexibility index (Phi) is 7.03. The van der Waals surface area contributed by atoms with Crippen LogP contribution in [0.5, 0.6) is 11.5 Å². The number of hydrogen-bond acceptors (Lipinski definition) is 7. The molecule has 0 aliphatic carbocycles. The predicted octanol–water partition coefficient (Wildman–Crippen LogP) is 3.04. The number of hydrogen-bond donors (Lipinski definition) is 1. The Labute approximate surface area is 173 Å². The Hall–Kier alpha value is -2.68. The summed E-state index contributed by atoms with van der Waals surface area (Å²) in [5.74, 6) is 2.66. The lowest BCUT2D eigenvalue weighted by Gasteiger charge is -2.26. The van der Waals surface area contributed by atoms with E-state index < -0.39 is 0 Å². The second-order valence-corrected chi connectivity index (χ2v) is 7.70. The van der Waals surface area contributed by atoms with E-state index in [1.54, 1.807) is 27.2 Å². The number of benzene rings is 1. The maximum atomic E-state index is 12.8. The van der Waals surface area contributed by atoms with Crippen molar-refractivity contribution in [2.45, 2.75) is 25.8 Å². The number of nitrogens with one attached hydrogen (secondary N) is 1. The summed E-state index contributed by atoms with van der Waals surface area (Å²) in [4.78, 5) is 26.7. The van der Waals surface area contributed by atoms with E-state index in [-0.39, 0.29) is 29.4 Å². The van der Waals surface area contributed by atoms with Crippen molar-refractivity contribution < 1.29 is 23.6 Å². The van der Waals surface area contributed by atoms with E-state index >= 15 is 0 Å². The molecule has 156 valence electrons. The van der Waals surface area contributed by atoms with Crippen molar-refractivity contribution in [2.24, 2.45) is 0 Å². The summed E-state index contributed by atoms with van der Waals surface area (Å²) < 4.78 is 15.7. The Balaban J connectivity index is 1.57. The summed E-state index contributed by atoms with van der Waals surface area (Å²) in [6.07, 6.45) is 1.79. The van der Waals surface area contributed by atoms with E-state index in [0.29, 0.717) is 18.1 Å². The number of aromatic nitrogens is 1. The van der Waals surface area contributed by atoms with Crippen molar-refractivity contribution in [1.82, 2.24) is 10.1 Å². The lowest BCUT2D eigenvalue weighted by molar-refractivity contribution is -0.129. The topological polar surface area (TPSA) is 93.9 Å². The van der Waals surface area contributed by atoms with Crippen molar-refractivity contribution in [3.8, 4) is 11.5 Å². The summed E-state index contributed by atoms with van der Waals surface area (Å²) in [5, 5.41) is 6.37. The highest BCUT2D eigenvalue weighted by Gasteiger charge is 2.32. The zero-order valence-electron chi connectivity index (χ0n) is 16.8. The van der Waals surface area contributed by atoms with Crippen molar-refractivity contribution >= 4 is 29.4 Å². The fraction of sp³-hybridized carbons (Fsp3) is 0.450. The zero-order chi connectivity index (χ0) is 20.8. The first kappa shape index (κ1) is 21.0. The molecule has 3 rings (SSSR count). The molecule has 29 heavy (non-hydrogen) atoms. The van der Waals surface area contributed by atoms with Gasteiger partial charge in [-0.2, -0.15) is 0 Å². The Bertz CT molecular complexity index is 870. The molecule has 1 unspecified atom stereocenters. The number of carbonyl (C=O) groups excluding carboxylic acids is 2. The van der Waals surface area contributed by atoms with Gasteiger partial charge in [-0.3, -0.25) is 9.59 Å². The molecule has 0 saturated carbocycles. The first-order chi connectivity index (χ1) is 14.0. The summed E-state index contributed by atoms with van der Waals surface area (Å²) in [6.45, 7) is 2.44. The van der Waals surface area contributed by atoms with Gasteiger partial charge in [0.05, 0.1) is 31.8 Å². The van der Waals surface area contributed by atoms with Crippen LogP contribution in [0.1, 0.15) is 30.2 Å². The molecule has 1 aliphatic heterocycles. The Morgan fingerprint density at radius 3 is 2.79 bits per heavy atom. The monoisotopic (exact) mass is 419 g/mol. The fourth-order valence-corrected chi connectivity index (χ4v) is 4.11. The first-order valence-corrected chi connectivity index (χ1v) is 10.5. The maximum Gasteiger partial charge on any atom is 0.235 e. The second kappa shape index (κ2) is 9.69. The van der Waals surface area contributed by atoms with E-state index in [9.17, 15) is 9.59 Å². The smallest absolute Gasteiger partial charge is 0.235 e. The number of carbonyl (C=O) groups is 2. The summed E-state index contributed by atoms with van der Waals surface area (Å²) in [6, 6.07) is 7.22. The van der Waals surface area contributed by atoms with E-state index in [0.717, 1.165) is 29.9 Å². The summed E-state index contributed by atoms with van der Waals surface area (Å²) in [5.41, 5.74) is 0.946. The number of rotatable bonds is 8. The molecule has 1 aliphatic rings. The van der Waals surface area contributed by atoms with Gasteiger partial charge in [0.25, 0.3) is 0 Å². The molecule has 0 bridgehead atoms. The van der Waals surface area contributed by atoms with Gasteiger partial charge in [0.2, 0.25) is 11.8 Å². The molecular formula is C20H25N3O5S. The van der Waals surface area contributed by atoms with Crippen molar-refractivity contribution in [2.75, 3.05) is 37.6 Å². The van der Waals surface area contributed by atoms with Crippen LogP contribution in [0, 0.1) is 6.92 Å². The molecule has 0 spiro atoms. The van der Waals surface area contributed by atoms with Crippen LogP contribution in [-0.2, 0) is 9.59 Å². The number of likely N-dealkylation sites (tertiary alicyclic amines) is 1. The Morgan fingerprint density at radius 2 is 2.10 bits per heavy atom. The van der Waals surface area contributed by atoms with Gasteiger partial charge < -0.3 is 24.2 Å². The molecule has 1 aromatic heterocycles. The average Bonchev–Trinajstić information content (AvgIpc) is 3.36. The molecule has 1 atom stereocenters. The van der Waals surface area contributed by atoms with Gasteiger partial charge in [0, 0.05) is 18.2 Å². The normalized spacial score (nSPS) is 16.0. The van der Waals surface area contributed by atoms with Crippen LogP contribution in [-0.4, -0.2) is 54.1 Å². The van der Waals surface area contributed by atoms with Crippen LogP contribution in [0.25, 0.3) is 0 Å². The third kappa shape index (κ3) is 5.23. The lowest BCUT2D eigenvalue weighted by atomic mass is 10.0. The van der Waals surface area contributed by atoms with Crippen LogP contribution >= 0.6 is 11.8 Å². The van der Waals surface area contributed by atoms with Gasteiger partial charge in [0.15, 0.2) is 5.82 Å². The van der Waals surface area contributed by atoms with Crippen LogP contribution in [0.2, 0.25) is 0 Å². The van der Waals surface area contributed by atoms with E-state index in [4.69, 9.17) is 14.0 Å². The minimum absolute atomic E-state index is 0.00690. The molecule has 0 radical (unpaired) electrons. The van der Waals surface area contributed by atoms with E-state index in [2.05, 4.69) is 10.5 Å². The van der Waals surface area contributed by atoms with Crippen LogP contribution in [0.4, 0.5) is 5.82 Å². The summed E-state index contributed by atoms with van der Waals surface area (Å²) >= 11 is 1.28. The third-order valence-corrected chi connectivity index (χ3v) is 5.64. The van der Waals surface area contributed by atoms with Crippen molar-refractivity contribution in [1.29, 1.82) is 0 Å². The van der Waals surface area contributed by atoms with Crippen LogP contribution < -0.4 is 14.8 Å². The van der Waals surface area contributed by atoms with Gasteiger partial charge in [-0.1, -0.05) is 5.16 Å². The van der Waals surface area contributed by atoms with Crippen molar-refractivity contribution in [3.63, 3.8) is 0 Å². The highest BCUT2D eigenvalue weighted by molar-refractivity contribution is 8.00. The molecule has 8 nitrogen and oxygen atoms in total. The average molecular weight is 420 g/mol. The van der Waals surface area contributed by atoms with Gasteiger partial charge in [-0.25, -0.2) is 0 Å². The van der Waals surface area contributed by atoms with Gasteiger partial charge >= 0.3 is 0 Å². The maximum absolute atomic E-state index is 12.8. The SMILES string of the molecule is COc1ccc(OC)c(C2CCCN2C(=O)CSCC(=O)Nc2cc(C)on2)c1. The van der Waals surface area contributed by atoms with Crippen molar-refractivity contribution in [3.05, 3.63) is 35.6 Å². The third-order valence-electron chi connectivity index (χ3n) is 4.72. The molecule has 2 amide bonds. The number of aryl methyl sites for hydroxylation is 1. The minimum atomic E-state index is -0.219. The standard InChI is InChI=1S/C20H25N3O5S/c1-13-9-18(22-28-13)21-19(24)11-29-12-20(25)23-8-4-5-16(23)15-10-14(26-2)6-7-17(15)27-3/h6-7,9-10,16H,4-5,8,11-12H2,1-3H3,(H,21,22,24). The molecule has 2 heterocycles. The number of anilines is 1. The first-order valence-electron chi connectivity index (χ1n) is 9.34. The van der Waals surface area contributed by atoms with Gasteiger partial charge in [0.1, 0.15) is 17.3 Å². The number of nitrogens with zero attached hydrogens (tertiary/aromatic N) is 2. The molecule has 2 aromatic rings. The molecular weight excluding hydrogens is 394 g/mol. The largest absolute Gasteiger partial charge is 0.497 e. The van der Waals surface area contributed by atoms with Crippen LogP contribution in [0.3, 0.4) is 0 Å². The number of amides is 2. The quantitative estimate of drug-likeness (QED) is 0.703. The molecule has 1 fully saturated rings. The number of ether oxygens (including phenoxy) is 2. The number of methoxy groups -OCH3 is 2. The van der Waals surface area contributed by atoms with Gasteiger partial charge in [-0.05, 0) is 38.0 Å². The fourth-order valence-electron chi connectivity index (χ4n) is 3.41. The zero-order valence-corrected chi connectivity index (χ0v) is 17.6. The van der Waals surface area contributed by atoms with E-state index in [1.165, 1.54) is 11.8 Å². The predicted molar refractivity (Wildman–Crippen MR) is 110 cm³/mol. The molecule has 1 saturated heterocycles. The molecule has 1 N–H and O–H groups in total. The highest BCUT2D eigenvalue weighted by Crippen LogP contribution is 2.39. The van der Waals surface area contributed by atoms with E-state index in [1.807, 2.05) is 23.1 Å². The van der Waals surface area contributed by atoms with Gasteiger partial charge in [-0.15, -0.1) is 11.8 Å². The number of thioether (sulfide) groups is 1. The lowest BCUT2D eigenvalue weighted by Crippen LogP contribution is -2.32. The van der Waals surface area contributed by atoms with Crippen LogP contribution in [0.15, 0.2) is 28.8 Å². The molecule has 1 aromatic carbocycles. The minimum Gasteiger partial charge on any atom is -0.497 e. The molecule has 9 heteroatoms. The Morgan fingerprint density at radius 1 is 1.28 bits per heavy atom. The summed E-state index contributed by atoms with van der Waals surface area (Å²) in [7, 11) is 3.24.